The maximum absolute atomic E-state index is 12.4. The number of carboxylic acid groups (broad SMARTS) is 1. The van der Waals surface area contributed by atoms with E-state index < -0.39 is 12.0 Å². The minimum Gasteiger partial charge on any atom is -0.480 e. The molecule has 0 amide bonds. The van der Waals surface area contributed by atoms with Crippen molar-refractivity contribution in [1.29, 1.82) is 0 Å². The molecule has 0 radical (unpaired) electrons. The summed E-state index contributed by atoms with van der Waals surface area (Å²) in [7, 11) is 0. The molecule has 0 aliphatic carbocycles. The van der Waals surface area contributed by atoms with Crippen LogP contribution >= 0.6 is 0 Å². The maximum Gasteiger partial charge on any atom is 0.327 e. The molecule has 0 spiro atoms. The quantitative estimate of drug-likeness (QED) is 0.913. The van der Waals surface area contributed by atoms with E-state index in [2.05, 4.69) is 4.98 Å². The second-order valence-electron chi connectivity index (χ2n) is 4.64. The number of nitrogens with zero attached hydrogens (tertiary/aromatic N) is 2. The van der Waals surface area contributed by atoms with Crippen LogP contribution in [0.5, 0.6) is 0 Å². The summed E-state index contributed by atoms with van der Waals surface area (Å²) in [6.45, 7) is 3.72. The number of hydrogen-bond acceptors (Lipinski definition) is 3. The Morgan fingerprint density at radius 2 is 2.11 bits per heavy atom. The number of aromatic nitrogens is 2. The van der Waals surface area contributed by atoms with Gasteiger partial charge in [-0.3, -0.25) is 9.36 Å². The zero-order chi connectivity index (χ0) is 14.0. The largest absolute Gasteiger partial charge is 0.480 e. The zero-order valence-electron chi connectivity index (χ0n) is 10.9. The molecule has 19 heavy (non-hydrogen) atoms. The fourth-order valence-corrected chi connectivity index (χ4v) is 2.14. The highest BCUT2D eigenvalue weighted by molar-refractivity contribution is 5.78. The summed E-state index contributed by atoms with van der Waals surface area (Å²) < 4.78 is 1.22. The lowest BCUT2D eigenvalue weighted by Crippen LogP contribution is -2.34. The third kappa shape index (κ3) is 2.36. The van der Waals surface area contributed by atoms with Crippen LogP contribution in [0.2, 0.25) is 0 Å². The van der Waals surface area contributed by atoms with Crippen molar-refractivity contribution in [3.8, 4) is 0 Å². The Labute approximate surface area is 110 Å². The minimum absolute atomic E-state index is 0.141. The Bertz CT molecular complexity index is 663. The first kappa shape index (κ1) is 13.3. The number of carboxylic acids is 1. The van der Waals surface area contributed by atoms with Gasteiger partial charge in [-0.05, 0) is 18.1 Å². The van der Waals surface area contributed by atoms with E-state index in [1.54, 1.807) is 24.3 Å². The normalized spacial score (nSPS) is 14.2. The highest BCUT2D eigenvalue weighted by Crippen LogP contribution is 2.20. The number of fused-ring (bicyclic) bond motifs is 1. The molecule has 2 rings (SSSR count). The standard InChI is InChI=1S/C14H16N2O3/c1-3-9(2)12(14(18)19)16-8-15-11-7-5-4-6-10(11)13(16)17/h4-9,12H,3H2,1-2H3,(H,18,19)/t9-,12-/m0/s1. The summed E-state index contributed by atoms with van der Waals surface area (Å²) in [5.41, 5.74) is 0.273. The molecular formula is C14H16N2O3. The van der Waals surface area contributed by atoms with Crippen molar-refractivity contribution in [1.82, 2.24) is 9.55 Å². The lowest BCUT2D eigenvalue weighted by molar-refractivity contribution is -0.142. The molecule has 0 aliphatic heterocycles. The van der Waals surface area contributed by atoms with Gasteiger partial charge < -0.3 is 5.11 Å². The Morgan fingerprint density at radius 1 is 1.42 bits per heavy atom. The Balaban J connectivity index is 2.64. The third-order valence-corrected chi connectivity index (χ3v) is 3.43. The van der Waals surface area contributed by atoms with Crippen LogP contribution in [0.4, 0.5) is 0 Å². The first-order valence-electron chi connectivity index (χ1n) is 6.25. The Morgan fingerprint density at radius 3 is 2.74 bits per heavy atom. The van der Waals surface area contributed by atoms with E-state index in [1.165, 1.54) is 10.9 Å². The van der Waals surface area contributed by atoms with Gasteiger partial charge in [0, 0.05) is 0 Å². The Hall–Kier alpha value is -2.17. The van der Waals surface area contributed by atoms with Gasteiger partial charge in [0.25, 0.3) is 5.56 Å². The van der Waals surface area contributed by atoms with Crippen molar-refractivity contribution in [2.45, 2.75) is 26.3 Å². The molecule has 2 aromatic rings. The van der Waals surface area contributed by atoms with Crippen molar-refractivity contribution in [2.75, 3.05) is 0 Å². The van der Waals surface area contributed by atoms with E-state index >= 15 is 0 Å². The van der Waals surface area contributed by atoms with Crippen molar-refractivity contribution < 1.29 is 9.90 Å². The van der Waals surface area contributed by atoms with Gasteiger partial charge in [0.2, 0.25) is 0 Å². The van der Waals surface area contributed by atoms with E-state index in [0.29, 0.717) is 17.3 Å². The maximum atomic E-state index is 12.4. The summed E-state index contributed by atoms with van der Waals surface area (Å²) in [6, 6.07) is 6.06. The van der Waals surface area contributed by atoms with Gasteiger partial charge >= 0.3 is 5.97 Å². The Kier molecular flexibility index (Phi) is 3.64. The molecule has 1 N–H and O–H groups in total. The molecular weight excluding hydrogens is 244 g/mol. The summed E-state index contributed by atoms with van der Waals surface area (Å²) in [4.78, 5) is 27.9. The molecule has 0 saturated carbocycles. The number of benzene rings is 1. The summed E-state index contributed by atoms with van der Waals surface area (Å²) in [6.07, 6.45) is 2.01. The van der Waals surface area contributed by atoms with Crippen LogP contribution in [-0.2, 0) is 4.79 Å². The lowest BCUT2D eigenvalue weighted by Gasteiger charge is -2.21. The number of carbonyl (C=O) groups is 1. The topological polar surface area (TPSA) is 72.2 Å². The van der Waals surface area contributed by atoms with Gasteiger partial charge in [-0.25, -0.2) is 9.78 Å². The molecule has 5 heteroatoms. The van der Waals surface area contributed by atoms with Crippen molar-refractivity contribution in [3.05, 3.63) is 40.9 Å². The molecule has 0 aliphatic rings. The first-order chi connectivity index (χ1) is 9.06. The fraction of sp³-hybridized carbons (Fsp3) is 0.357. The summed E-state index contributed by atoms with van der Waals surface area (Å²) in [5.74, 6) is -1.15. The van der Waals surface area contributed by atoms with Gasteiger partial charge in [-0.2, -0.15) is 0 Å². The van der Waals surface area contributed by atoms with Crippen molar-refractivity contribution in [3.63, 3.8) is 0 Å². The molecule has 1 aromatic heterocycles. The third-order valence-electron chi connectivity index (χ3n) is 3.43. The van der Waals surface area contributed by atoms with E-state index in [0.717, 1.165) is 0 Å². The van der Waals surface area contributed by atoms with Crippen LogP contribution in [0.15, 0.2) is 35.4 Å². The number of aliphatic carboxylic acids is 1. The number of hydrogen-bond donors (Lipinski definition) is 1. The van der Waals surface area contributed by atoms with E-state index in [9.17, 15) is 14.7 Å². The van der Waals surface area contributed by atoms with E-state index in [4.69, 9.17) is 0 Å². The number of para-hydroxylation sites is 1. The minimum atomic E-state index is -1.01. The average Bonchev–Trinajstić information content (AvgIpc) is 2.41. The van der Waals surface area contributed by atoms with Gasteiger partial charge in [0.15, 0.2) is 0 Å². The zero-order valence-corrected chi connectivity index (χ0v) is 10.9. The SMILES string of the molecule is CC[C@H](C)[C@@H](C(=O)O)n1cnc2ccccc2c1=O. The summed E-state index contributed by atoms with van der Waals surface area (Å²) in [5, 5.41) is 9.78. The molecule has 2 atom stereocenters. The van der Waals surface area contributed by atoms with Gasteiger partial charge in [-0.1, -0.05) is 32.4 Å². The second kappa shape index (κ2) is 5.22. The van der Waals surface area contributed by atoms with Crippen LogP contribution in [0, 0.1) is 5.92 Å². The predicted octanol–water partition coefficient (Wildman–Crippen LogP) is 2.07. The lowest BCUT2D eigenvalue weighted by atomic mass is 9.99. The first-order valence-corrected chi connectivity index (χ1v) is 6.25. The molecule has 0 saturated heterocycles. The monoisotopic (exact) mass is 260 g/mol. The van der Waals surface area contributed by atoms with Crippen LogP contribution in [0.3, 0.4) is 0 Å². The molecule has 0 bridgehead atoms. The number of rotatable bonds is 4. The van der Waals surface area contributed by atoms with Crippen LogP contribution in [-0.4, -0.2) is 20.6 Å². The van der Waals surface area contributed by atoms with Crippen molar-refractivity contribution >= 4 is 16.9 Å². The molecule has 100 valence electrons. The van der Waals surface area contributed by atoms with Crippen LogP contribution < -0.4 is 5.56 Å². The van der Waals surface area contributed by atoms with E-state index in [1.807, 2.05) is 13.8 Å². The highest BCUT2D eigenvalue weighted by Gasteiger charge is 2.26. The van der Waals surface area contributed by atoms with Crippen LogP contribution in [0.1, 0.15) is 26.3 Å². The molecule has 0 fully saturated rings. The van der Waals surface area contributed by atoms with Crippen LogP contribution in [0.25, 0.3) is 10.9 Å². The van der Waals surface area contributed by atoms with Gasteiger partial charge in [0.05, 0.1) is 17.2 Å². The van der Waals surface area contributed by atoms with E-state index in [-0.39, 0.29) is 11.5 Å². The molecule has 0 unspecified atom stereocenters. The average molecular weight is 260 g/mol. The van der Waals surface area contributed by atoms with Gasteiger partial charge in [0.1, 0.15) is 6.04 Å². The summed E-state index contributed by atoms with van der Waals surface area (Å²) >= 11 is 0. The molecule has 1 heterocycles. The highest BCUT2D eigenvalue weighted by atomic mass is 16.4. The fourth-order valence-electron chi connectivity index (χ4n) is 2.14. The second-order valence-corrected chi connectivity index (χ2v) is 4.64. The van der Waals surface area contributed by atoms with Crippen molar-refractivity contribution in [2.24, 2.45) is 5.92 Å². The predicted molar refractivity (Wildman–Crippen MR) is 72.1 cm³/mol. The molecule has 1 aromatic carbocycles. The molecule has 5 nitrogen and oxygen atoms in total. The smallest absolute Gasteiger partial charge is 0.327 e. The van der Waals surface area contributed by atoms with Gasteiger partial charge in [-0.15, -0.1) is 0 Å².